The Bertz CT molecular complexity index is 334. The van der Waals surface area contributed by atoms with Crippen molar-refractivity contribution in [2.24, 2.45) is 11.8 Å². The summed E-state index contributed by atoms with van der Waals surface area (Å²) in [6.45, 7) is 4.89. The molecule has 0 spiro atoms. The Labute approximate surface area is 126 Å². The van der Waals surface area contributed by atoms with Crippen molar-refractivity contribution in [1.29, 1.82) is 0 Å². The maximum atomic E-state index is 12.3. The van der Waals surface area contributed by atoms with Crippen molar-refractivity contribution in [2.75, 3.05) is 12.8 Å². The molecule has 0 aliphatic heterocycles. The lowest BCUT2D eigenvalue weighted by atomic mass is 9.78. The van der Waals surface area contributed by atoms with Crippen LogP contribution in [0.2, 0.25) is 0 Å². The summed E-state index contributed by atoms with van der Waals surface area (Å²) in [7, 11) is 0. The van der Waals surface area contributed by atoms with Gasteiger partial charge in [0, 0.05) is 11.3 Å². The van der Waals surface area contributed by atoms with Gasteiger partial charge in [0.2, 0.25) is 5.91 Å². The van der Waals surface area contributed by atoms with Crippen LogP contribution in [0.1, 0.15) is 52.4 Å². The van der Waals surface area contributed by atoms with Crippen molar-refractivity contribution in [1.82, 2.24) is 5.32 Å². The third-order valence-corrected chi connectivity index (χ3v) is 6.31. The average molecular weight is 301 g/mol. The summed E-state index contributed by atoms with van der Waals surface area (Å²) < 4.78 is 0.0725. The second-order valence-corrected chi connectivity index (χ2v) is 6.92. The van der Waals surface area contributed by atoms with Gasteiger partial charge in [-0.3, -0.25) is 9.59 Å². The van der Waals surface area contributed by atoms with Gasteiger partial charge in [-0.1, -0.05) is 26.7 Å². The molecule has 1 fully saturated rings. The fourth-order valence-electron chi connectivity index (χ4n) is 2.98. The molecule has 0 bridgehead atoms. The number of nitrogens with one attached hydrogen (secondary N) is 1. The summed E-state index contributed by atoms with van der Waals surface area (Å²) in [6, 6.07) is 0. The molecule has 20 heavy (non-hydrogen) atoms. The molecule has 1 aliphatic carbocycles. The first-order valence-electron chi connectivity index (χ1n) is 7.55. The van der Waals surface area contributed by atoms with Gasteiger partial charge in [-0.25, -0.2) is 0 Å². The minimum Gasteiger partial charge on any atom is -0.481 e. The van der Waals surface area contributed by atoms with Crippen LogP contribution in [0.25, 0.3) is 0 Å². The zero-order chi connectivity index (χ0) is 15.2. The summed E-state index contributed by atoms with van der Waals surface area (Å²) in [4.78, 5) is 23.6. The van der Waals surface area contributed by atoms with E-state index in [1.54, 1.807) is 11.8 Å². The maximum absolute atomic E-state index is 12.3. The number of hydrogen-bond donors (Lipinski definition) is 2. The van der Waals surface area contributed by atoms with Crippen molar-refractivity contribution in [2.45, 2.75) is 57.1 Å². The van der Waals surface area contributed by atoms with Crippen LogP contribution >= 0.6 is 11.8 Å². The van der Waals surface area contributed by atoms with E-state index in [1.165, 1.54) is 0 Å². The standard InChI is InChI=1S/C15H27NO3S/c1-4-15(5-2,20-3)10-16-13(17)11-8-6-7-9-12(11)14(18)19/h11-12H,4-10H2,1-3H3,(H,16,17)(H,18,19)/t11-,12+/m1/s1. The van der Waals surface area contributed by atoms with E-state index in [2.05, 4.69) is 25.4 Å². The minimum atomic E-state index is -0.827. The van der Waals surface area contributed by atoms with Crippen molar-refractivity contribution in [3.8, 4) is 0 Å². The predicted molar refractivity (Wildman–Crippen MR) is 82.9 cm³/mol. The summed E-state index contributed by atoms with van der Waals surface area (Å²) in [5.41, 5.74) is 0. The first-order chi connectivity index (χ1) is 9.49. The van der Waals surface area contributed by atoms with E-state index in [0.717, 1.165) is 25.7 Å². The largest absolute Gasteiger partial charge is 0.481 e. The highest BCUT2D eigenvalue weighted by Crippen LogP contribution is 2.32. The van der Waals surface area contributed by atoms with Crippen LogP contribution in [0, 0.1) is 11.8 Å². The molecule has 0 unspecified atom stereocenters. The molecule has 1 rings (SSSR count). The Kier molecular flexibility index (Phi) is 6.86. The van der Waals surface area contributed by atoms with Crippen LogP contribution < -0.4 is 5.32 Å². The van der Waals surface area contributed by atoms with Crippen molar-refractivity contribution >= 4 is 23.6 Å². The summed E-state index contributed by atoms with van der Waals surface area (Å²) in [6.07, 6.45) is 7.27. The molecular weight excluding hydrogens is 274 g/mol. The third-order valence-electron chi connectivity index (χ3n) is 4.73. The second-order valence-electron chi connectivity index (χ2n) is 5.65. The quantitative estimate of drug-likeness (QED) is 0.759. The molecular formula is C15H27NO3S. The van der Waals surface area contributed by atoms with E-state index in [0.29, 0.717) is 19.4 Å². The molecule has 2 N–H and O–H groups in total. The first-order valence-corrected chi connectivity index (χ1v) is 8.77. The number of hydrogen-bond acceptors (Lipinski definition) is 3. The molecule has 0 aromatic heterocycles. The predicted octanol–water partition coefficient (Wildman–Crippen LogP) is 2.92. The highest BCUT2D eigenvalue weighted by molar-refractivity contribution is 8.00. The van der Waals surface area contributed by atoms with Gasteiger partial charge in [0.05, 0.1) is 11.8 Å². The molecule has 1 saturated carbocycles. The van der Waals surface area contributed by atoms with Crippen LogP contribution in [0.4, 0.5) is 0 Å². The molecule has 116 valence electrons. The second kappa shape index (κ2) is 7.91. The number of carbonyl (C=O) groups excluding carboxylic acids is 1. The normalized spacial score (nSPS) is 23.4. The van der Waals surface area contributed by atoms with Gasteiger partial charge < -0.3 is 10.4 Å². The molecule has 2 atom stereocenters. The highest BCUT2D eigenvalue weighted by Gasteiger charge is 2.36. The Balaban J connectivity index is 2.62. The number of amides is 1. The fourth-order valence-corrected chi connectivity index (χ4v) is 3.77. The minimum absolute atomic E-state index is 0.0718. The summed E-state index contributed by atoms with van der Waals surface area (Å²) >= 11 is 1.78. The number of rotatable bonds is 7. The van der Waals surface area contributed by atoms with E-state index in [-0.39, 0.29) is 16.6 Å². The molecule has 0 radical (unpaired) electrons. The Morgan fingerprint density at radius 1 is 1.20 bits per heavy atom. The number of carbonyl (C=O) groups is 2. The lowest BCUT2D eigenvalue weighted by Gasteiger charge is -2.32. The van der Waals surface area contributed by atoms with E-state index in [4.69, 9.17) is 0 Å². The van der Waals surface area contributed by atoms with Crippen LogP contribution in [-0.2, 0) is 9.59 Å². The molecule has 1 aliphatic rings. The number of carboxylic acids is 1. The molecule has 0 aromatic rings. The average Bonchev–Trinajstić information content (AvgIpc) is 2.49. The molecule has 0 heterocycles. The van der Waals surface area contributed by atoms with Crippen molar-refractivity contribution < 1.29 is 14.7 Å². The van der Waals surface area contributed by atoms with Crippen LogP contribution in [0.3, 0.4) is 0 Å². The van der Waals surface area contributed by atoms with Crippen molar-refractivity contribution in [3.63, 3.8) is 0 Å². The van der Waals surface area contributed by atoms with Gasteiger partial charge in [-0.05, 0) is 31.9 Å². The van der Waals surface area contributed by atoms with Crippen molar-refractivity contribution in [3.05, 3.63) is 0 Å². The topological polar surface area (TPSA) is 66.4 Å². The molecule has 4 nitrogen and oxygen atoms in total. The van der Waals surface area contributed by atoms with Gasteiger partial charge in [0.25, 0.3) is 0 Å². The Morgan fingerprint density at radius 3 is 2.20 bits per heavy atom. The Morgan fingerprint density at radius 2 is 1.75 bits per heavy atom. The third kappa shape index (κ3) is 4.14. The Hall–Kier alpha value is -0.710. The monoisotopic (exact) mass is 301 g/mol. The first kappa shape index (κ1) is 17.3. The van der Waals surface area contributed by atoms with Gasteiger partial charge in [-0.15, -0.1) is 0 Å². The van der Waals surface area contributed by atoms with E-state index < -0.39 is 11.9 Å². The molecule has 1 amide bonds. The molecule has 0 aromatic carbocycles. The van der Waals surface area contributed by atoms with Crippen LogP contribution in [0.15, 0.2) is 0 Å². The highest BCUT2D eigenvalue weighted by atomic mass is 32.2. The number of thioether (sulfide) groups is 1. The van der Waals surface area contributed by atoms with E-state index in [1.807, 2.05) is 0 Å². The number of carboxylic acid groups (broad SMARTS) is 1. The lowest BCUT2D eigenvalue weighted by molar-refractivity contribution is -0.148. The van der Waals surface area contributed by atoms with Crippen LogP contribution in [0.5, 0.6) is 0 Å². The van der Waals surface area contributed by atoms with E-state index >= 15 is 0 Å². The SMILES string of the molecule is CCC(CC)(CNC(=O)[C@@H]1CCCC[C@@H]1C(=O)O)SC. The van der Waals surface area contributed by atoms with Gasteiger partial charge in [0.15, 0.2) is 0 Å². The van der Waals surface area contributed by atoms with Crippen LogP contribution in [-0.4, -0.2) is 34.5 Å². The van der Waals surface area contributed by atoms with Gasteiger partial charge in [0.1, 0.15) is 0 Å². The van der Waals surface area contributed by atoms with Gasteiger partial charge in [-0.2, -0.15) is 11.8 Å². The van der Waals surface area contributed by atoms with Gasteiger partial charge >= 0.3 is 5.97 Å². The lowest BCUT2D eigenvalue weighted by Crippen LogP contribution is -2.45. The fraction of sp³-hybridized carbons (Fsp3) is 0.867. The summed E-state index contributed by atoms with van der Waals surface area (Å²) in [5.74, 6) is -1.76. The zero-order valence-corrected chi connectivity index (χ0v) is 13.6. The van der Waals surface area contributed by atoms with E-state index in [9.17, 15) is 14.7 Å². The zero-order valence-electron chi connectivity index (χ0n) is 12.8. The smallest absolute Gasteiger partial charge is 0.307 e. The maximum Gasteiger partial charge on any atom is 0.307 e. The molecule has 5 heteroatoms. The number of aliphatic carboxylic acids is 1. The summed E-state index contributed by atoms with van der Waals surface area (Å²) in [5, 5.41) is 12.2. The molecule has 0 saturated heterocycles.